The Balaban J connectivity index is 5.31. The maximum Gasteiger partial charge on any atom is 0.0465 e. The third-order valence-corrected chi connectivity index (χ3v) is 3.37. The van der Waals surface area contributed by atoms with E-state index >= 15 is 0 Å². The molecule has 0 atom stereocenters. The zero-order valence-corrected chi connectivity index (χ0v) is 14.8. The molecular weight excluding hydrogens is 246 g/mol. The van der Waals surface area contributed by atoms with Gasteiger partial charge >= 0.3 is 0 Å². The first-order valence-corrected chi connectivity index (χ1v) is 7.86. The SMILES string of the molecule is C=C(NNC(C)C)/C(CC(C)C)=C(\CC)N(C)C(C)C. The van der Waals surface area contributed by atoms with Crippen LogP contribution in [0.15, 0.2) is 23.5 Å². The Morgan fingerprint density at radius 3 is 2.00 bits per heavy atom. The largest absolute Gasteiger partial charge is 0.375 e. The van der Waals surface area contributed by atoms with Crippen molar-refractivity contribution in [2.75, 3.05) is 7.05 Å². The van der Waals surface area contributed by atoms with Crippen molar-refractivity contribution in [3.63, 3.8) is 0 Å². The van der Waals surface area contributed by atoms with Gasteiger partial charge in [0.1, 0.15) is 0 Å². The molecule has 0 unspecified atom stereocenters. The van der Waals surface area contributed by atoms with E-state index in [4.69, 9.17) is 0 Å². The molecule has 0 saturated carbocycles. The average Bonchev–Trinajstić information content (AvgIpc) is 2.34. The number of hydrogen-bond acceptors (Lipinski definition) is 3. The van der Waals surface area contributed by atoms with E-state index < -0.39 is 0 Å². The summed E-state index contributed by atoms with van der Waals surface area (Å²) in [6, 6.07) is 0.887. The number of allylic oxidation sites excluding steroid dienone is 2. The Bertz CT molecular complexity index is 327. The van der Waals surface area contributed by atoms with E-state index in [0.717, 1.165) is 18.5 Å². The first-order valence-electron chi connectivity index (χ1n) is 7.86. The Labute approximate surface area is 126 Å². The van der Waals surface area contributed by atoms with Gasteiger partial charge in [0.2, 0.25) is 0 Å². The molecule has 0 aromatic heterocycles. The van der Waals surface area contributed by atoms with Crippen LogP contribution in [-0.4, -0.2) is 24.0 Å². The van der Waals surface area contributed by atoms with Gasteiger partial charge in [-0.05, 0) is 52.0 Å². The first-order chi connectivity index (χ1) is 9.20. The van der Waals surface area contributed by atoms with Gasteiger partial charge in [-0.1, -0.05) is 27.4 Å². The van der Waals surface area contributed by atoms with Gasteiger partial charge in [0.15, 0.2) is 0 Å². The van der Waals surface area contributed by atoms with Crippen molar-refractivity contribution in [1.29, 1.82) is 0 Å². The third-order valence-electron chi connectivity index (χ3n) is 3.37. The van der Waals surface area contributed by atoms with Gasteiger partial charge in [0, 0.05) is 30.5 Å². The van der Waals surface area contributed by atoms with Crippen molar-refractivity contribution in [2.45, 2.75) is 73.4 Å². The van der Waals surface area contributed by atoms with Crippen LogP contribution in [0, 0.1) is 5.92 Å². The quantitative estimate of drug-likeness (QED) is 0.493. The van der Waals surface area contributed by atoms with Crippen molar-refractivity contribution >= 4 is 0 Å². The minimum atomic E-state index is 0.389. The summed E-state index contributed by atoms with van der Waals surface area (Å²) in [7, 11) is 2.17. The summed E-state index contributed by atoms with van der Waals surface area (Å²) >= 11 is 0. The molecule has 0 aliphatic heterocycles. The molecule has 3 heteroatoms. The van der Waals surface area contributed by atoms with Crippen molar-refractivity contribution in [1.82, 2.24) is 15.8 Å². The van der Waals surface area contributed by atoms with Crippen LogP contribution in [0.25, 0.3) is 0 Å². The lowest BCUT2D eigenvalue weighted by molar-refractivity contribution is 0.328. The van der Waals surface area contributed by atoms with Gasteiger partial charge in [0.05, 0.1) is 0 Å². The highest BCUT2D eigenvalue weighted by molar-refractivity contribution is 5.32. The summed E-state index contributed by atoms with van der Waals surface area (Å²) in [5.41, 5.74) is 10.2. The predicted octanol–water partition coefficient (Wildman–Crippen LogP) is 4.05. The molecular formula is C17H35N3. The molecule has 0 aliphatic carbocycles. The third kappa shape index (κ3) is 6.47. The molecule has 0 spiro atoms. The van der Waals surface area contributed by atoms with E-state index in [1.807, 2.05) is 0 Å². The van der Waals surface area contributed by atoms with Crippen LogP contribution in [0.2, 0.25) is 0 Å². The predicted molar refractivity (Wildman–Crippen MR) is 90.2 cm³/mol. The molecule has 0 heterocycles. The average molecular weight is 281 g/mol. The van der Waals surface area contributed by atoms with Gasteiger partial charge in [-0.15, -0.1) is 0 Å². The second-order valence-corrected chi connectivity index (χ2v) is 6.48. The summed E-state index contributed by atoms with van der Waals surface area (Å²) in [6.07, 6.45) is 2.07. The fourth-order valence-corrected chi connectivity index (χ4v) is 2.12. The van der Waals surface area contributed by atoms with Crippen LogP contribution < -0.4 is 10.9 Å². The van der Waals surface area contributed by atoms with E-state index in [1.54, 1.807) is 0 Å². The molecule has 0 aromatic carbocycles. The first kappa shape index (κ1) is 19.0. The molecule has 0 aliphatic rings. The maximum absolute atomic E-state index is 4.23. The molecule has 0 saturated heterocycles. The van der Waals surface area contributed by atoms with Crippen molar-refractivity contribution in [2.24, 2.45) is 5.92 Å². The summed E-state index contributed by atoms with van der Waals surface area (Å²) < 4.78 is 0. The van der Waals surface area contributed by atoms with E-state index in [0.29, 0.717) is 18.0 Å². The molecule has 0 rings (SSSR count). The van der Waals surface area contributed by atoms with Gasteiger partial charge in [-0.3, -0.25) is 0 Å². The van der Waals surface area contributed by atoms with E-state index in [-0.39, 0.29) is 0 Å². The smallest absolute Gasteiger partial charge is 0.0465 e. The molecule has 0 aromatic rings. The fourth-order valence-electron chi connectivity index (χ4n) is 2.12. The van der Waals surface area contributed by atoms with Crippen molar-refractivity contribution in [3.05, 3.63) is 23.5 Å². The van der Waals surface area contributed by atoms with Gasteiger partial charge in [-0.25, -0.2) is 5.43 Å². The van der Waals surface area contributed by atoms with Crippen LogP contribution >= 0.6 is 0 Å². The lowest BCUT2D eigenvalue weighted by Gasteiger charge is -2.31. The Morgan fingerprint density at radius 1 is 1.10 bits per heavy atom. The second-order valence-electron chi connectivity index (χ2n) is 6.48. The lowest BCUT2D eigenvalue weighted by atomic mass is 9.97. The van der Waals surface area contributed by atoms with Crippen LogP contribution in [0.3, 0.4) is 0 Å². The normalized spacial score (nSPS) is 12.9. The zero-order valence-electron chi connectivity index (χ0n) is 14.8. The maximum atomic E-state index is 4.23. The van der Waals surface area contributed by atoms with Crippen LogP contribution in [-0.2, 0) is 0 Å². The molecule has 2 N–H and O–H groups in total. The number of hydrazine groups is 1. The van der Waals surface area contributed by atoms with Gasteiger partial charge in [-0.2, -0.15) is 0 Å². The summed E-state index contributed by atoms with van der Waals surface area (Å²) in [6.45, 7) is 19.7. The number of hydrogen-bond donors (Lipinski definition) is 2. The zero-order chi connectivity index (χ0) is 15.9. The van der Waals surface area contributed by atoms with Gasteiger partial charge in [0.25, 0.3) is 0 Å². The minimum absolute atomic E-state index is 0.389. The highest BCUT2D eigenvalue weighted by atomic mass is 15.4. The van der Waals surface area contributed by atoms with Crippen molar-refractivity contribution < 1.29 is 0 Å². The summed E-state index contributed by atoms with van der Waals surface area (Å²) in [5, 5.41) is 0. The minimum Gasteiger partial charge on any atom is -0.375 e. The monoisotopic (exact) mass is 281 g/mol. The van der Waals surface area contributed by atoms with Crippen LogP contribution in [0.5, 0.6) is 0 Å². The molecule has 20 heavy (non-hydrogen) atoms. The molecule has 0 bridgehead atoms. The molecule has 118 valence electrons. The Morgan fingerprint density at radius 2 is 1.65 bits per heavy atom. The highest BCUT2D eigenvalue weighted by Gasteiger charge is 2.16. The fraction of sp³-hybridized carbons (Fsp3) is 0.765. The summed E-state index contributed by atoms with van der Waals surface area (Å²) in [4.78, 5) is 2.36. The number of nitrogens with zero attached hydrogens (tertiary/aromatic N) is 1. The number of rotatable bonds is 9. The van der Waals surface area contributed by atoms with Crippen molar-refractivity contribution in [3.8, 4) is 0 Å². The van der Waals surface area contributed by atoms with E-state index in [2.05, 4.69) is 77.8 Å². The topological polar surface area (TPSA) is 27.3 Å². The molecule has 0 fully saturated rings. The number of nitrogens with one attached hydrogen (secondary N) is 2. The highest BCUT2D eigenvalue weighted by Crippen LogP contribution is 2.25. The Hall–Kier alpha value is -0.960. The second kappa shape index (κ2) is 9.06. The van der Waals surface area contributed by atoms with E-state index in [1.165, 1.54) is 11.3 Å². The molecule has 3 nitrogen and oxygen atoms in total. The summed E-state index contributed by atoms with van der Waals surface area (Å²) in [5.74, 6) is 0.615. The van der Waals surface area contributed by atoms with Gasteiger partial charge < -0.3 is 10.3 Å². The van der Waals surface area contributed by atoms with E-state index in [9.17, 15) is 0 Å². The molecule has 0 radical (unpaired) electrons. The van der Waals surface area contributed by atoms with Crippen LogP contribution in [0.1, 0.15) is 61.3 Å². The Kier molecular flexibility index (Phi) is 8.63. The lowest BCUT2D eigenvalue weighted by Crippen LogP contribution is -2.38. The van der Waals surface area contributed by atoms with Crippen LogP contribution in [0.4, 0.5) is 0 Å². The standard InChI is InChI=1S/C17H35N3/c1-10-17(20(9)14(6)7)16(11-12(2)3)15(8)19-18-13(4)5/h12-14,18-19H,8,10-11H2,1-7,9H3/b17-16+. The molecule has 0 amide bonds.